The molecule has 0 amide bonds. The summed E-state index contributed by atoms with van der Waals surface area (Å²) in [4.78, 5) is 2.34. The number of nitrogens with zero attached hydrogens (tertiary/aromatic N) is 1. The van der Waals surface area contributed by atoms with E-state index in [9.17, 15) is 5.11 Å². The smallest absolute Gasteiger partial charge is 0.0681 e. The van der Waals surface area contributed by atoms with Gasteiger partial charge >= 0.3 is 0 Å². The van der Waals surface area contributed by atoms with Gasteiger partial charge in [-0.25, -0.2) is 0 Å². The van der Waals surface area contributed by atoms with Gasteiger partial charge in [0, 0.05) is 18.3 Å². The highest BCUT2D eigenvalue weighted by Crippen LogP contribution is 2.30. The number of aliphatic hydroxyl groups excluding tert-OH is 2. The summed E-state index contributed by atoms with van der Waals surface area (Å²) < 4.78 is 0. The van der Waals surface area contributed by atoms with Gasteiger partial charge < -0.3 is 15.1 Å². The van der Waals surface area contributed by atoms with Crippen LogP contribution in [0.1, 0.15) is 36.8 Å². The first kappa shape index (κ1) is 13.4. The molecule has 1 saturated carbocycles. The summed E-state index contributed by atoms with van der Waals surface area (Å²) in [6, 6.07) is 6.65. The van der Waals surface area contributed by atoms with Crippen molar-refractivity contribution in [2.75, 3.05) is 18.1 Å². The molecule has 1 aliphatic rings. The van der Waals surface area contributed by atoms with E-state index >= 15 is 0 Å². The Kier molecular flexibility index (Phi) is 4.61. The van der Waals surface area contributed by atoms with Gasteiger partial charge in [0.15, 0.2) is 0 Å². The number of aryl methyl sites for hydroxylation is 1. The Bertz CT molecular complexity index is 386. The van der Waals surface area contributed by atoms with Crippen molar-refractivity contribution in [1.29, 1.82) is 0 Å². The molecule has 1 aromatic rings. The van der Waals surface area contributed by atoms with Crippen LogP contribution in [0.3, 0.4) is 0 Å². The molecule has 0 radical (unpaired) electrons. The van der Waals surface area contributed by atoms with Crippen molar-refractivity contribution in [2.24, 2.45) is 0 Å². The second kappa shape index (κ2) is 6.21. The predicted molar refractivity (Wildman–Crippen MR) is 73.8 cm³/mol. The second-order valence-corrected chi connectivity index (χ2v) is 5.13. The average molecular weight is 249 g/mol. The molecule has 0 aliphatic heterocycles. The lowest BCUT2D eigenvalue weighted by Gasteiger charge is -2.32. The third-order valence-electron chi connectivity index (χ3n) is 3.86. The van der Waals surface area contributed by atoms with Crippen LogP contribution in [0.15, 0.2) is 18.2 Å². The molecule has 2 rings (SSSR count). The topological polar surface area (TPSA) is 43.7 Å². The van der Waals surface area contributed by atoms with E-state index in [2.05, 4.69) is 17.9 Å². The van der Waals surface area contributed by atoms with Crippen LogP contribution in [0.25, 0.3) is 0 Å². The Hall–Kier alpha value is -1.06. The largest absolute Gasteiger partial charge is 0.395 e. The molecule has 0 heterocycles. The molecular weight excluding hydrogens is 226 g/mol. The zero-order valence-electron chi connectivity index (χ0n) is 11.1. The third-order valence-corrected chi connectivity index (χ3v) is 3.86. The molecule has 0 atom stereocenters. The molecule has 0 bridgehead atoms. The molecule has 0 saturated heterocycles. The van der Waals surface area contributed by atoms with Crippen molar-refractivity contribution >= 4 is 5.69 Å². The van der Waals surface area contributed by atoms with Crippen molar-refractivity contribution < 1.29 is 10.2 Å². The molecule has 2 N–H and O–H groups in total. The van der Waals surface area contributed by atoms with Crippen LogP contribution in [0.2, 0.25) is 0 Å². The first-order valence-electron chi connectivity index (χ1n) is 6.84. The summed E-state index contributed by atoms with van der Waals surface area (Å²) in [6.45, 7) is 3.06. The van der Waals surface area contributed by atoms with Crippen LogP contribution in [0.4, 0.5) is 5.69 Å². The number of rotatable bonds is 5. The number of hydrogen-bond acceptors (Lipinski definition) is 3. The standard InChI is InChI=1S/C15H23NO2/c1-12-10-13(11-18)6-7-15(12)16(8-9-17)14-4-2-3-5-14/h6-7,10,14,17-18H,2-5,8-9,11H2,1H3. The lowest BCUT2D eigenvalue weighted by atomic mass is 10.1. The van der Waals surface area contributed by atoms with Gasteiger partial charge in [0.05, 0.1) is 13.2 Å². The van der Waals surface area contributed by atoms with Gasteiger partial charge in [-0.3, -0.25) is 0 Å². The summed E-state index contributed by atoms with van der Waals surface area (Å²) >= 11 is 0. The molecule has 0 spiro atoms. The molecule has 1 aromatic carbocycles. The van der Waals surface area contributed by atoms with Gasteiger partial charge in [-0.2, -0.15) is 0 Å². The number of hydrogen-bond donors (Lipinski definition) is 2. The van der Waals surface area contributed by atoms with Crippen LogP contribution in [-0.4, -0.2) is 29.4 Å². The van der Waals surface area contributed by atoms with Gasteiger partial charge in [-0.1, -0.05) is 25.0 Å². The van der Waals surface area contributed by atoms with E-state index in [0.717, 1.165) is 5.56 Å². The molecule has 18 heavy (non-hydrogen) atoms. The summed E-state index contributed by atoms with van der Waals surface area (Å²) in [5.41, 5.74) is 3.33. The monoisotopic (exact) mass is 249 g/mol. The number of anilines is 1. The van der Waals surface area contributed by atoms with Gasteiger partial charge in [0.1, 0.15) is 0 Å². The maximum Gasteiger partial charge on any atom is 0.0681 e. The van der Waals surface area contributed by atoms with E-state index in [0.29, 0.717) is 12.6 Å². The molecule has 0 aromatic heterocycles. The Morgan fingerprint density at radius 1 is 1.22 bits per heavy atom. The van der Waals surface area contributed by atoms with Gasteiger partial charge in [-0.05, 0) is 37.0 Å². The fourth-order valence-corrected chi connectivity index (χ4v) is 2.96. The van der Waals surface area contributed by atoms with Gasteiger partial charge in [0.25, 0.3) is 0 Å². The minimum Gasteiger partial charge on any atom is -0.395 e. The zero-order chi connectivity index (χ0) is 13.0. The first-order valence-corrected chi connectivity index (χ1v) is 6.84. The minimum absolute atomic E-state index is 0.0878. The molecule has 3 heteroatoms. The molecule has 100 valence electrons. The fraction of sp³-hybridized carbons (Fsp3) is 0.600. The summed E-state index contributed by atoms with van der Waals surface area (Å²) in [7, 11) is 0. The Morgan fingerprint density at radius 3 is 2.50 bits per heavy atom. The highest BCUT2D eigenvalue weighted by atomic mass is 16.3. The zero-order valence-corrected chi connectivity index (χ0v) is 11.1. The van der Waals surface area contributed by atoms with Crippen molar-refractivity contribution in [3.8, 4) is 0 Å². The fourth-order valence-electron chi connectivity index (χ4n) is 2.96. The lowest BCUT2D eigenvalue weighted by Crippen LogP contribution is -2.36. The predicted octanol–water partition coefficient (Wildman–Crippen LogP) is 2.23. The van der Waals surface area contributed by atoms with Crippen molar-refractivity contribution in [1.82, 2.24) is 0 Å². The van der Waals surface area contributed by atoms with E-state index < -0.39 is 0 Å². The maximum atomic E-state index is 9.27. The molecule has 3 nitrogen and oxygen atoms in total. The van der Waals surface area contributed by atoms with Gasteiger partial charge in [-0.15, -0.1) is 0 Å². The summed E-state index contributed by atoms with van der Waals surface area (Å²) in [6.07, 6.45) is 5.03. The van der Waals surface area contributed by atoms with Crippen LogP contribution >= 0.6 is 0 Å². The van der Waals surface area contributed by atoms with E-state index in [1.165, 1.54) is 36.9 Å². The van der Waals surface area contributed by atoms with E-state index in [1.54, 1.807) is 0 Å². The van der Waals surface area contributed by atoms with Crippen LogP contribution in [0.5, 0.6) is 0 Å². The van der Waals surface area contributed by atoms with Crippen LogP contribution < -0.4 is 4.90 Å². The Balaban J connectivity index is 2.23. The average Bonchev–Trinajstić information content (AvgIpc) is 2.90. The lowest BCUT2D eigenvalue weighted by molar-refractivity contribution is 0.281. The Labute approximate surface area is 109 Å². The molecule has 0 unspecified atom stereocenters. The maximum absolute atomic E-state index is 9.27. The highest BCUT2D eigenvalue weighted by molar-refractivity contribution is 5.55. The van der Waals surface area contributed by atoms with E-state index in [-0.39, 0.29) is 13.2 Å². The summed E-state index contributed by atoms with van der Waals surface area (Å²) in [5.74, 6) is 0. The van der Waals surface area contributed by atoms with E-state index in [1.807, 2.05) is 12.1 Å². The quantitative estimate of drug-likeness (QED) is 0.841. The Morgan fingerprint density at radius 2 is 1.94 bits per heavy atom. The van der Waals surface area contributed by atoms with Crippen molar-refractivity contribution in [3.63, 3.8) is 0 Å². The summed E-state index contributed by atoms with van der Waals surface area (Å²) in [5, 5.41) is 18.4. The number of benzene rings is 1. The van der Waals surface area contributed by atoms with Crippen molar-refractivity contribution in [3.05, 3.63) is 29.3 Å². The number of aliphatic hydroxyl groups is 2. The molecule has 1 aliphatic carbocycles. The third kappa shape index (κ3) is 2.85. The SMILES string of the molecule is Cc1cc(CO)ccc1N(CCO)C1CCCC1. The van der Waals surface area contributed by atoms with Crippen LogP contribution in [-0.2, 0) is 6.61 Å². The molecule has 1 fully saturated rings. The van der Waals surface area contributed by atoms with Crippen LogP contribution in [0, 0.1) is 6.92 Å². The van der Waals surface area contributed by atoms with Gasteiger partial charge in [0.2, 0.25) is 0 Å². The minimum atomic E-state index is 0.0878. The van der Waals surface area contributed by atoms with E-state index in [4.69, 9.17) is 5.11 Å². The second-order valence-electron chi connectivity index (χ2n) is 5.13. The first-order chi connectivity index (χ1) is 8.76. The van der Waals surface area contributed by atoms with Crippen molar-refractivity contribution in [2.45, 2.75) is 45.3 Å². The highest BCUT2D eigenvalue weighted by Gasteiger charge is 2.23. The molecular formula is C15H23NO2. The normalized spacial score (nSPS) is 16.2.